The number of hydrogen-bond acceptors (Lipinski definition) is 3. The van der Waals surface area contributed by atoms with Crippen molar-refractivity contribution in [3.8, 4) is 0 Å². The minimum atomic E-state index is 0.374. The average Bonchev–Trinajstić information content (AvgIpc) is 2.28. The summed E-state index contributed by atoms with van der Waals surface area (Å²) in [6.07, 6.45) is 3.79. The predicted molar refractivity (Wildman–Crippen MR) is 73.0 cm³/mol. The first-order chi connectivity index (χ1) is 7.72. The van der Waals surface area contributed by atoms with E-state index in [0.29, 0.717) is 12.5 Å². The van der Waals surface area contributed by atoms with Crippen LogP contribution in [0.2, 0.25) is 0 Å². The molecular weight excluding hydrogens is 218 g/mol. The molecule has 1 saturated heterocycles. The van der Waals surface area contributed by atoms with Crippen LogP contribution < -0.4 is 0 Å². The lowest BCUT2D eigenvalue weighted by Gasteiger charge is -2.31. The Bertz CT molecular complexity index is 175. The van der Waals surface area contributed by atoms with Gasteiger partial charge in [0.1, 0.15) is 0 Å². The van der Waals surface area contributed by atoms with Gasteiger partial charge in [-0.05, 0) is 55.7 Å². The number of aliphatic hydroxyl groups is 1. The molecule has 0 spiro atoms. The third-order valence-corrected chi connectivity index (χ3v) is 4.56. The molecule has 1 heterocycles. The zero-order chi connectivity index (χ0) is 11.8. The van der Waals surface area contributed by atoms with Crippen LogP contribution in [0, 0.1) is 11.8 Å². The molecule has 0 bridgehead atoms. The summed E-state index contributed by atoms with van der Waals surface area (Å²) in [5.74, 6) is 3.94. The topological polar surface area (TPSA) is 23.5 Å². The molecule has 1 N–H and O–H groups in total. The van der Waals surface area contributed by atoms with E-state index in [0.717, 1.165) is 12.5 Å². The quantitative estimate of drug-likeness (QED) is 0.697. The number of aliphatic hydroxyl groups excluding tert-OH is 1. The lowest BCUT2D eigenvalue weighted by atomic mass is 9.99. The van der Waals surface area contributed by atoms with E-state index in [-0.39, 0.29) is 0 Å². The second kappa shape index (κ2) is 8.37. The highest BCUT2D eigenvalue weighted by molar-refractivity contribution is 7.99. The van der Waals surface area contributed by atoms with Crippen molar-refractivity contribution in [3.05, 3.63) is 0 Å². The molecule has 1 aliphatic rings. The fourth-order valence-electron chi connectivity index (χ4n) is 2.21. The largest absolute Gasteiger partial charge is 0.396 e. The van der Waals surface area contributed by atoms with Gasteiger partial charge in [0.05, 0.1) is 0 Å². The van der Waals surface area contributed by atoms with Gasteiger partial charge in [-0.1, -0.05) is 13.8 Å². The summed E-state index contributed by atoms with van der Waals surface area (Å²) in [6, 6.07) is 0. The summed E-state index contributed by atoms with van der Waals surface area (Å²) in [5, 5.41) is 9.15. The van der Waals surface area contributed by atoms with E-state index in [4.69, 9.17) is 5.11 Å². The Morgan fingerprint density at radius 2 is 2.25 bits per heavy atom. The SMILES string of the molecule is CC(C)CSCCCN1CCCC(CO)C1. The Hall–Kier alpha value is 0.270. The van der Waals surface area contributed by atoms with Crippen LogP contribution in [-0.2, 0) is 0 Å². The van der Waals surface area contributed by atoms with Crippen LogP contribution in [0.1, 0.15) is 33.1 Å². The van der Waals surface area contributed by atoms with Gasteiger partial charge in [-0.15, -0.1) is 0 Å². The monoisotopic (exact) mass is 245 g/mol. The average molecular weight is 245 g/mol. The fraction of sp³-hybridized carbons (Fsp3) is 1.00. The Morgan fingerprint density at radius 1 is 1.44 bits per heavy atom. The van der Waals surface area contributed by atoms with Gasteiger partial charge >= 0.3 is 0 Å². The van der Waals surface area contributed by atoms with Crippen LogP contribution in [0.5, 0.6) is 0 Å². The number of nitrogens with zero attached hydrogens (tertiary/aromatic N) is 1. The molecule has 0 aromatic rings. The Morgan fingerprint density at radius 3 is 2.94 bits per heavy atom. The number of thioether (sulfide) groups is 1. The second-order valence-corrected chi connectivity index (χ2v) is 6.46. The standard InChI is InChI=1S/C13H27NOS/c1-12(2)11-16-8-4-7-14-6-3-5-13(9-14)10-15/h12-13,15H,3-11H2,1-2H3. The smallest absolute Gasteiger partial charge is 0.0471 e. The van der Waals surface area contributed by atoms with Crippen molar-refractivity contribution in [3.63, 3.8) is 0 Å². The van der Waals surface area contributed by atoms with Crippen molar-refractivity contribution < 1.29 is 5.11 Å². The van der Waals surface area contributed by atoms with Crippen molar-refractivity contribution in [2.45, 2.75) is 33.1 Å². The van der Waals surface area contributed by atoms with Crippen molar-refractivity contribution in [2.24, 2.45) is 11.8 Å². The van der Waals surface area contributed by atoms with Crippen molar-refractivity contribution in [1.29, 1.82) is 0 Å². The van der Waals surface area contributed by atoms with Gasteiger partial charge in [0.15, 0.2) is 0 Å². The fourth-order valence-corrected chi connectivity index (χ4v) is 3.18. The molecule has 0 aliphatic carbocycles. The third-order valence-electron chi connectivity index (χ3n) is 3.08. The van der Waals surface area contributed by atoms with Gasteiger partial charge in [0, 0.05) is 13.2 Å². The van der Waals surface area contributed by atoms with E-state index in [1.165, 1.54) is 43.9 Å². The maximum atomic E-state index is 9.15. The molecule has 1 rings (SSSR count). The van der Waals surface area contributed by atoms with Crippen LogP contribution in [0.15, 0.2) is 0 Å². The molecule has 0 aromatic carbocycles. The third kappa shape index (κ3) is 6.12. The van der Waals surface area contributed by atoms with Crippen LogP contribution in [0.25, 0.3) is 0 Å². The summed E-state index contributed by atoms with van der Waals surface area (Å²) in [5.41, 5.74) is 0. The highest BCUT2D eigenvalue weighted by Gasteiger charge is 2.18. The lowest BCUT2D eigenvalue weighted by Crippen LogP contribution is -2.37. The van der Waals surface area contributed by atoms with Crippen LogP contribution in [0.4, 0.5) is 0 Å². The zero-order valence-corrected chi connectivity index (χ0v) is 11.6. The molecule has 3 heteroatoms. The van der Waals surface area contributed by atoms with Crippen molar-refractivity contribution in [2.75, 3.05) is 37.7 Å². The molecule has 96 valence electrons. The minimum absolute atomic E-state index is 0.374. The first-order valence-electron chi connectivity index (χ1n) is 6.63. The first-order valence-corrected chi connectivity index (χ1v) is 7.78. The molecule has 2 nitrogen and oxygen atoms in total. The van der Waals surface area contributed by atoms with Gasteiger partial charge in [-0.2, -0.15) is 11.8 Å². The summed E-state index contributed by atoms with van der Waals surface area (Å²) in [4.78, 5) is 2.53. The van der Waals surface area contributed by atoms with Crippen LogP contribution >= 0.6 is 11.8 Å². The molecular formula is C13H27NOS. The predicted octanol–water partition coefficient (Wildman–Crippen LogP) is 2.47. The van der Waals surface area contributed by atoms with Gasteiger partial charge in [0.2, 0.25) is 0 Å². The second-order valence-electron chi connectivity index (χ2n) is 5.31. The number of rotatable bonds is 7. The number of hydrogen-bond donors (Lipinski definition) is 1. The Labute approximate surface area is 105 Å². The van der Waals surface area contributed by atoms with Gasteiger partial charge in [-0.25, -0.2) is 0 Å². The van der Waals surface area contributed by atoms with Gasteiger partial charge < -0.3 is 10.0 Å². The van der Waals surface area contributed by atoms with E-state index >= 15 is 0 Å². The molecule has 1 fully saturated rings. The van der Waals surface area contributed by atoms with E-state index in [9.17, 15) is 0 Å². The maximum Gasteiger partial charge on any atom is 0.0471 e. The molecule has 0 amide bonds. The number of likely N-dealkylation sites (tertiary alicyclic amines) is 1. The Balaban J connectivity index is 1.99. The minimum Gasteiger partial charge on any atom is -0.396 e. The highest BCUT2D eigenvalue weighted by atomic mass is 32.2. The molecule has 16 heavy (non-hydrogen) atoms. The molecule has 1 unspecified atom stereocenters. The Kier molecular flexibility index (Phi) is 7.50. The normalized spacial score (nSPS) is 22.9. The van der Waals surface area contributed by atoms with Gasteiger partial charge in [0.25, 0.3) is 0 Å². The maximum absolute atomic E-state index is 9.15. The van der Waals surface area contributed by atoms with Crippen LogP contribution in [0.3, 0.4) is 0 Å². The first kappa shape index (κ1) is 14.3. The molecule has 1 atom stereocenters. The molecule has 1 aliphatic heterocycles. The van der Waals surface area contributed by atoms with E-state index in [1.807, 2.05) is 0 Å². The highest BCUT2D eigenvalue weighted by Crippen LogP contribution is 2.16. The zero-order valence-electron chi connectivity index (χ0n) is 10.8. The summed E-state index contributed by atoms with van der Waals surface area (Å²) >= 11 is 2.08. The van der Waals surface area contributed by atoms with Crippen molar-refractivity contribution in [1.82, 2.24) is 4.90 Å². The molecule has 0 radical (unpaired) electrons. The van der Waals surface area contributed by atoms with E-state index in [2.05, 4.69) is 30.5 Å². The van der Waals surface area contributed by atoms with E-state index in [1.54, 1.807) is 0 Å². The molecule has 0 saturated carbocycles. The van der Waals surface area contributed by atoms with Crippen LogP contribution in [-0.4, -0.2) is 47.8 Å². The summed E-state index contributed by atoms with van der Waals surface area (Å²) in [6.45, 7) is 8.52. The summed E-state index contributed by atoms with van der Waals surface area (Å²) in [7, 11) is 0. The lowest BCUT2D eigenvalue weighted by molar-refractivity contribution is 0.121. The van der Waals surface area contributed by atoms with Gasteiger partial charge in [-0.3, -0.25) is 0 Å². The summed E-state index contributed by atoms with van der Waals surface area (Å²) < 4.78 is 0. The number of piperidine rings is 1. The van der Waals surface area contributed by atoms with Crippen molar-refractivity contribution >= 4 is 11.8 Å². The molecule has 0 aromatic heterocycles. The van der Waals surface area contributed by atoms with E-state index < -0.39 is 0 Å².